The van der Waals surface area contributed by atoms with Crippen molar-refractivity contribution in [2.24, 2.45) is 5.92 Å². The van der Waals surface area contributed by atoms with Crippen LogP contribution in [0.4, 0.5) is 0 Å². The molecule has 0 aromatic rings. The summed E-state index contributed by atoms with van der Waals surface area (Å²) in [5, 5.41) is 40.8. The number of likely N-dealkylation sites (tertiary alicyclic amines) is 1. The molecule has 0 saturated carbocycles. The Hall–Kier alpha value is -0.200. The molecule has 0 aromatic heterocycles. The van der Waals surface area contributed by atoms with E-state index in [-0.39, 0.29) is 12.6 Å². The van der Waals surface area contributed by atoms with Gasteiger partial charge < -0.3 is 20.4 Å². The van der Waals surface area contributed by atoms with E-state index in [1.807, 2.05) is 0 Å². The van der Waals surface area contributed by atoms with Crippen LogP contribution in [0, 0.1) is 5.92 Å². The molecule has 1 saturated heterocycles. The van der Waals surface area contributed by atoms with E-state index in [9.17, 15) is 20.4 Å². The van der Waals surface area contributed by atoms with Gasteiger partial charge in [0.25, 0.3) is 0 Å². The smallest absolute Gasteiger partial charge is 0.109 e. The van der Waals surface area contributed by atoms with Crippen molar-refractivity contribution in [2.45, 2.75) is 122 Å². The van der Waals surface area contributed by atoms with Gasteiger partial charge in [0.05, 0.1) is 18.8 Å². The Kier molecular flexibility index (Phi) is 12.8. The molecule has 0 aliphatic carbocycles. The zero-order chi connectivity index (χ0) is 20.2. The monoisotopic (exact) mass is 387 g/mol. The zero-order valence-electron chi connectivity index (χ0n) is 17.9. The summed E-state index contributed by atoms with van der Waals surface area (Å²) in [4.78, 5) is 2.13. The van der Waals surface area contributed by atoms with Gasteiger partial charge in [-0.25, -0.2) is 0 Å². The highest BCUT2D eigenvalue weighted by Gasteiger charge is 2.44. The van der Waals surface area contributed by atoms with Crippen LogP contribution in [0.15, 0.2) is 0 Å². The number of hydrogen-bond donors (Lipinski definition) is 4. The molecule has 5 nitrogen and oxygen atoms in total. The molecule has 5 heteroatoms. The number of rotatable bonds is 14. The number of hydrogen-bond acceptors (Lipinski definition) is 5. The molecule has 1 fully saturated rings. The van der Waals surface area contributed by atoms with Gasteiger partial charge in [-0.05, 0) is 25.2 Å². The molecule has 0 bridgehead atoms. The van der Waals surface area contributed by atoms with Crippen molar-refractivity contribution in [1.29, 1.82) is 0 Å². The summed E-state index contributed by atoms with van der Waals surface area (Å²) in [5.74, 6) is 0.511. The predicted octanol–water partition coefficient (Wildman–Crippen LogP) is 3.08. The van der Waals surface area contributed by atoms with E-state index in [1.165, 1.54) is 38.5 Å². The van der Waals surface area contributed by atoms with Crippen LogP contribution in [0.3, 0.4) is 0 Å². The van der Waals surface area contributed by atoms with E-state index in [2.05, 4.69) is 25.7 Å². The van der Waals surface area contributed by atoms with Crippen LogP contribution >= 0.6 is 0 Å². The van der Waals surface area contributed by atoms with Gasteiger partial charge in [0.2, 0.25) is 0 Å². The Balaban J connectivity index is 3.01. The minimum Gasteiger partial charge on any atom is -0.395 e. The Morgan fingerprint density at radius 2 is 1.33 bits per heavy atom. The Bertz CT molecular complexity index is 368. The first kappa shape index (κ1) is 24.8. The molecule has 0 amide bonds. The lowest BCUT2D eigenvalue weighted by Gasteiger charge is -2.49. The summed E-state index contributed by atoms with van der Waals surface area (Å²) < 4.78 is 0. The van der Waals surface area contributed by atoms with Crippen LogP contribution < -0.4 is 0 Å². The molecule has 1 aliphatic rings. The quantitative estimate of drug-likeness (QED) is 0.344. The minimum absolute atomic E-state index is 0.190. The topological polar surface area (TPSA) is 84.2 Å². The summed E-state index contributed by atoms with van der Waals surface area (Å²) in [6.45, 7) is 6.78. The highest BCUT2D eigenvalue weighted by atomic mass is 16.4. The number of β-amino-alcohol motifs (C(OH)–C–C–N with tert-alkyl or cyclic N) is 1. The van der Waals surface area contributed by atoms with Crippen molar-refractivity contribution < 1.29 is 20.4 Å². The molecule has 1 rings (SSSR count). The largest absolute Gasteiger partial charge is 0.395 e. The highest BCUT2D eigenvalue weighted by molar-refractivity contribution is 4.98. The van der Waals surface area contributed by atoms with Gasteiger partial charge in [-0.3, -0.25) is 4.90 Å². The number of unbranched alkanes of at least 4 members (excludes halogenated alkanes) is 5. The number of aliphatic hydroxyl groups excluding tert-OH is 4. The molecule has 27 heavy (non-hydrogen) atoms. The Morgan fingerprint density at radius 3 is 1.89 bits per heavy atom. The van der Waals surface area contributed by atoms with Crippen LogP contribution in [0.1, 0.15) is 91.4 Å². The number of piperidine rings is 1. The fourth-order valence-electron chi connectivity index (χ4n) is 4.63. The summed E-state index contributed by atoms with van der Waals surface area (Å²) in [5.41, 5.74) is 0. The maximum atomic E-state index is 10.5. The maximum absolute atomic E-state index is 10.5. The van der Waals surface area contributed by atoms with Gasteiger partial charge in [-0.2, -0.15) is 0 Å². The Labute approximate surface area is 166 Å². The van der Waals surface area contributed by atoms with E-state index >= 15 is 0 Å². The summed E-state index contributed by atoms with van der Waals surface area (Å²) in [6.07, 6.45) is 9.57. The van der Waals surface area contributed by atoms with Crippen molar-refractivity contribution in [3.63, 3.8) is 0 Å². The molecule has 162 valence electrons. The van der Waals surface area contributed by atoms with Crippen molar-refractivity contribution >= 4 is 0 Å². The molecule has 0 radical (unpaired) electrons. The average molecular weight is 388 g/mol. The third kappa shape index (κ3) is 7.62. The summed E-state index contributed by atoms with van der Waals surface area (Å²) in [7, 11) is 0. The van der Waals surface area contributed by atoms with Gasteiger partial charge in [-0.15, -0.1) is 0 Å². The van der Waals surface area contributed by atoms with Crippen molar-refractivity contribution in [3.8, 4) is 0 Å². The third-order valence-corrected chi connectivity index (χ3v) is 6.33. The van der Waals surface area contributed by atoms with Crippen LogP contribution in [0.2, 0.25) is 0 Å². The van der Waals surface area contributed by atoms with Crippen LogP contribution in [0.25, 0.3) is 0 Å². The van der Waals surface area contributed by atoms with Crippen LogP contribution in [0.5, 0.6) is 0 Å². The van der Waals surface area contributed by atoms with E-state index in [0.29, 0.717) is 12.5 Å². The zero-order valence-corrected chi connectivity index (χ0v) is 17.9. The van der Waals surface area contributed by atoms with E-state index < -0.39 is 24.4 Å². The standard InChI is InChI=1S/C22H45NO4/c1-4-7-10-13-17(12-9-6-3)18(14-11-8-5-2)23-15-20(25)22(27)21(26)19(23)16-24/h17-22,24-27H,4-16H2,1-3H3/t17?,18?,19-,20+,21-,22-/m1/s1. The Morgan fingerprint density at radius 1 is 0.778 bits per heavy atom. The molecule has 0 spiro atoms. The molecule has 1 heterocycles. The second kappa shape index (κ2) is 13.9. The van der Waals surface area contributed by atoms with E-state index in [4.69, 9.17) is 0 Å². The maximum Gasteiger partial charge on any atom is 0.109 e. The van der Waals surface area contributed by atoms with Gasteiger partial charge in [0, 0.05) is 12.6 Å². The second-order valence-electron chi connectivity index (χ2n) is 8.46. The predicted molar refractivity (Wildman–Crippen MR) is 111 cm³/mol. The van der Waals surface area contributed by atoms with Gasteiger partial charge >= 0.3 is 0 Å². The minimum atomic E-state index is -1.18. The molecule has 1 aliphatic heterocycles. The first-order chi connectivity index (χ1) is 13.0. The normalized spacial score (nSPS) is 29.0. The van der Waals surface area contributed by atoms with Gasteiger partial charge in [0.1, 0.15) is 12.2 Å². The number of nitrogens with zero attached hydrogens (tertiary/aromatic N) is 1. The summed E-state index contributed by atoms with van der Waals surface area (Å²) in [6, 6.07) is -0.251. The average Bonchev–Trinajstić information content (AvgIpc) is 2.66. The molecular weight excluding hydrogens is 342 g/mol. The van der Waals surface area contributed by atoms with Crippen LogP contribution in [-0.4, -0.2) is 68.9 Å². The number of aliphatic hydroxyl groups is 4. The van der Waals surface area contributed by atoms with E-state index in [0.717, 1.165) is 32.1 Å². The molecular formula is C22H45NO4. The first-order valence-electron chi connectivity index (χ1n) is 11.4. The lowest BCUT2D eigenvalue weighted by molar-refractivity contribution is -0.160. The molecule has 6 atom stereocenters. The molecule has 0 aromatic carbocycles. The fourth-order valence-corrected chi connectivity index (χ4v) is 4.63. The highest BCUT2D eigenvalue weighted by Crippen LogP contribution is 2.32. The van der Waals surface area contributed by atoms with Crippen LogP contribution in [-0.2, 0) is 0 Å². The van der Waals surface area contributed by atoms with Crippen molar-refractivity contribution in [3.05, 3.63) is 0 Å². The lowest BCUT2D eigenvalue weighted by Crippen LogP contribution is -2.65. The third-order valence-electron chi connectivity index (χ3n) is 6.33. The van der Waals surface area contributed by atoms with Gasteiger partial charge in [0.15, 0.2) is 0 Å². The van der Waals surface area contributed by atoms with E-state index in [1.54, 1.807) is 0 Å². The second-order valence-corrected chi connectivity index (χ2v) is 8.46. The lowest BCUT2D eigenvalue weighted by atomic mass is 9.82. The fraction of sp³-hybridized carbons (Fsp3) is 1.00. The van der Waals surface area contributed by atoms with Crippen molar-refractivity contribution in [2.75, 3.05) is 13.2 Å². The van der Waals surface area contributed by atoms with Gasteiger partial charge in [-0.1, -0.05) is 72.1 Å². The molecule has 4 N–H and O–H groups in total. The molecule has 2 unspecified atom stereocenters. The van der Waals surface area contributed by atoms with Crippen molar-refractivity contribution in [1.82, 2.24) is 4.90 Å². The first-order valence-corrected chi connectivity index (χ1v) is 11.4. The SMILES string of the molecule is CCCCCC(CCCC)C(CCCCC)N1C[C@H](O)[C@@H](O)[C@H](O)[C@H]1CO. The summed E-state index contributed by atoms with van der Waals surface area (Å²) >= 11 is 0.